The molecule has 0 radical (unpaired) electrons. The molecule has 1 amide bonds. The normalized spacial score (nSPS) is 20.6. The van der Waals surface area contributed by atoms with Crippen molar-refractivity contribution in [2.75, 3.05) is 26.2 Å². The number of aromatic nitrogens is 2. The first-order valence-electron chi connectivity index (χ1n) is 8.57. The van der Waals surface area contributed by atoms with E-state index in [-0.39, 0.29) is 24.5 Å². The SMILES string of the molecule is Cc1ccnn1CC(=O)NC[C@@H]1CNCCO[C@H]1c1ccc(Cl)c(Cl)c1. The number of halogens is 2. The molecule has 2 heterocycles. The zero-order chi connectivity index (χ0) is 18.5. The predicted octanol–water partition coefficient (Wildman–Crippen LogP) is 2.59. The molecular weight excluding hydrogens is 375 g/mol. The minimum atomic E-state index is -0.161. The second kappa shape index (κ2) is 8.86. The number of carbonyl (C=O) groups is 1. The second-order valence-corrected chi connectivity index (χ2v) is 7.18. The summed E-state index contributed by atoms with van der Waals surface area (Å²) in [4.78, 5) is 12.3. The van der Waals surface area contributed by atoms with Crippen molar-refractivity contribution in [2.45, 2.75) is 19.6 Å². The molecule has 1 saturated heterocycles. The van der Waals surface area contributed by atoms with Crippen LogP contribution >= 0.6 is 23.2 Å². The van der Waals surface area contributed by atoms with Crippen LogP contribution in [-0.2, 0) is 16.1 Å². The summed E-state index contributed by atoms with van der Waals surface area (Å²) in [6, 6.07) is 7.40. The van der Waals surface area contributed by atoms with Gasteiger partial charge in [0.2, 0.25) is 5.91 Å². The fraction of sp³-hybridized carbons (Fsp3) is 0.444. The van der Waals surface area contributed by atoms with E-state index in [4.69, 9.17) is 27.9 Å². The Morgan fingerprint density at radius 1 is 1.38 bits per heavy atom. The third-order valence-electron chi connectivity index (χ3n) is 4.47. The standard InChI is InChI=1S/C18H22Cl2N4O2/c1-12-4-5-23-24(12)11-17(25)22-10-14-9-21-6-7-26-18(14)13-2-3-15(19)16(20)8-13/h2-5,8,14,18,21H,6-7,9-11H2,1H3,(H,22,25)/t14-,18-/m0/s1. The first-order chi connectivity index (χ1) is 12.5. The number of hydrogen-bond donors (Lipinski definition) is 2. The molecule has 0 spiro atoms. The van der Waals surface area contributed by atoms with Gasteiger partial charge in [-0.15, -0.1) is 0 Å². The molecule has 3 rings (SSSR count). The average Bonchev–Trinajstić information content (AvgIpc) is 2.88. The highest BCUT2D eigenvalue weighted by Crippen LogP contribution is 2.31. The molecule has 1 aliphatic heterocycles. The van der Waals surface area contributed by atoms with Gasteiger partial charge in [-0.05, 0) is 30.7 Å². The van der Waals surface area contributed by atoms with Crippen molar-refractivity contribution in [3.05, 3.63) is 51.8 Å². The first-order valence-corrected chi connectivity index (χ1v) is 9.32. The van der Waals surface area contributed by atoms with Gasteiger partial charge in [-0.25, -0.2) is 0 Å². The van der Waals surface area contributed by atoms with Crippen LogP contribution in [0.5, 0.6) is 0 Å². The van der Waals surface area contributed by atoms with Gasteiger partial charge in [0.05, 0.1) is 22.8 Å². The lowest BCUT2D eigenvalue weighted by molar-refractivity contribution is -0.122. The van der Waals surface area contributed by atoms with E-state index in [0.29, 0.717) is 23.2 Å². The number of nitrogens with one attached hydrogen (secondary N) is 2. The number of nitrogens with zero attached hydrogens (tertiary/aromatic N) is 2. The highest BCUT2D eigenvalue weighted by atomic mass is 35.5. The fourth-order valence-corrected chi connectivity index (χ4v) is 3.33. The number of amides is 1. The van der Waals surface area contributed by atoms with Crippen molar-refractivity contribution >= 4 is 29.1 Å². The van der Waals surface area contributed by atoms with Crippen molar-refractivity contribution in [1.29, 1.82) is 0 Å². The monoisotopic (exact) mass is 396 g/mol. The van der Waals surface area contributed by atoms with Crippen molar-refractivity contribution in [3.8, 4) is 0 Å². The molecule has 2 aromatic rings. The number of aryl methyl sites for hydroxylation is 1. The van der Waals surface area contributed by atoms with Gasteiger partial charge in [0.25, 0.3) is 0 Å². The van der Waals surface area contributed by atoms with Gasteiger partial charge in [0, 0.05) is 37.4 Å². The third kappa shape index (κ3) is 4.76. The fourth-order valence-electron chi connectivity index (χ4n) is 3.03. The largest absolute Gasteiger partial charge is 0.372 e. The number of rotatable bonds is 5. The molecule has 1 aromatic carbocycles. The van der Waals surface area contributed by atoms with E-state index in [9.17, 15) is 4.79 Å². The van der Waals surface area contributed by atoms with Gasteiger partial charge in [-0.3, -0.25) is 9.48 Å². The van der Waals surface area contributed by atoms with Gasteiger partial charge in [0.1, 0.15) is 6.54 Å². The van der Waals surface area contributed by atoms with E-state index in [1.54, 1.807) is 16.9 Å². The molecule has 0 unspecified atom stereocenters. The molecule has 140 valence electrons. The summed E-state index contributed by atoms with van der Waals surface area (Å²) in [5.41, 5.74) is 1.92. The van der Waals surface area contributed by atoms with E-state index in [1.165, 1.54) is 0 Å². The van der Waals surface area contributed by atoms with Crippen LogP contribution in [0.15, 0.2) is 30.5 Å². The number of hydrogen-bond acceptors (Lipinski definition) is 4. The average molecular weight is 397 g/mol. The Hall–Kier alpha value is -1.60. The lowest BCUT2D eigenvalue weighted by Crippen LogP contribution is -2.38. The highest BCUT2D eigenvalue weighted by molar-refractivity contribution is 6.42. The molecule has 8 heteroatoms. The van der Waals surface area contributed by atoms with Crippen LogP contribution < -0.4 is 10.6 Å². The van der Waals surface area contributed by atoms with Gasteiger partial charge in [-0.2, -0.15) is 5.10 Å². The zero-order valence-corrected chi connectivity index (χ0v) is 16.1. The summed E-state index contributed by atoms with van der Waals surface area (Å²) < 4.78 is 7.69. The van der Waals surface area contributed by atoms with Crippen LogP contribution in [0.1, 0.15) is 17.4 Å². The van der Waals surface area contributed by atoms with Crippen molar-refractivity contribution in [1.82, 2.24) is 20.4 Å². The van der Waals surface area contributed by atoms with Gasteiger partial charge >= 0.3 is 0 Å². The maximum Gasteiger partial charge on any atom is 0.241 e. The van der Waals surface area contributed by atoms with E-state index in [2.05, 4.69) is 15.7 Å². The highest BCUT2D eigenvalue weighted by Gasteiger charge is 2.27. The van der Waals surface area contributed by atoms with Crippen LogP contribution in [0.25, 0.3) is 0 Å². The minimum absolute atomic E-state index is 0.0751. The van der Waals surface area contributed by atoms with Crippen LogP contribution in [0.2, 0.25) is 10.0 Å². The Morgan fingerprint density at radius 3 is 2.96 bits per heavy atom. The molecule has 0 saturated carbocycles. The van der Waals surface area contributed by atoms with E-state index in [0.717, 1.165) is 24.3 Å². The molecule has 1 aromatic heterocycles. The molecule has 2 atom stereocenters. The van der Waals surface area contributed by atoms with Gasteiger partial charge < -0.3 is 15.4 Å². The lowest BCUT2D eigenvalue weighted by atomic mass is 9.95. The molecule has 0 aliphatic carbocycles. The van der Waals surface area contributed by atoms with Gasteiger partial charge in [-0.1, -0.05) is 29.3 Å². The van der Waals surface area contributed by atoms with E-state index < -0.39 is 0 Å². The van der Waals surface area contributed by atoms with Crippen LogP contribution in [0.3, 0.4) is 0 Å². The minimum Gasteiger partial charge on any atom is -0.372 e. The Bertz CT molecular complexity index is 765. The number of carbonyl (C=O) groups excluding carboxylic acids is 1. The van der Waals surface area contributed by atoms with Crippen molar-refractivity contribution in [2.24, 2.45) is 5.92 Å². The molecular formula is C18H22Cl2N4O2. The molecule has 1 aliphatic rings. The van der Waals surface area contributed by atoms with E-state index >= 15 is 0 Å². The summed E-state index contributed by atoms with van der Waals surface area (Å²) in [7, 11) is 0. The first kappa shape index (κ1) is 19.2. The zero-order valence-electron chi connectivity index (χ0n) is 14.5. The summed E-state index contributed by atoms with van der Waals surface area (Å²) in [6.45, 7) is 4.74. The lowest BCUT2D eigenvalue weighted by Gasteiger charge is -2.25. The predicted molar refractivity (Wildman–Crippen MR) is 101 cm³/mol. The molecule has 26 heavy (non-hydrogen) atoms. The van der Waals surface area contributed by atoms with Crippen molar-refractivity contribution in [3.63, 3.8) is 0 Å². The summed E-state index contributed by atoms with van der Waals surface area (Å²) in [5, 5.41) is 11.5. The van der Waals surface area contributed by atoms with Crippen LogP contribution in [0, 0.1) is 12.8 Å². The topological polar surface area (TPSA) is 68.2 Å². The van der Waals surface area contributed by atoms with Crippen molar-refractivity contribution < 1.29 is 9.53 Å². The summed E-state index contributed by atoms with van der Waals surface area (Å²) in [6.07, 6.45) is 1.53. The maximum atomic E-state index is 12.3. The third-order valence-corrected chi connectivity index (χ3v) is 5.21. The van der Waals surface area contributed by atoms with Crippen LogP contribution in [-0.4, -0.2) is 41.9 Å². The maximum absolute atomic E-state index is 12.3. The second-order valence-electron chi connectivity index (χ2n) is 6.36. The molecule has 1 fully saturated rings. The Kier molecular flexibility index (Phi) is 6.53. The Morgan fingerprint density at radius 2 is 2.23 bits per heavy atom. The molecule has 2 N–H and O–H groups in total. The number of benzene rings is 1. The molecule has 0 bridgehead atoms. The van der Waals surface area contributed by atoms with Gasteiger partial charge in [0.15, 0.2) is 0 Å². The molecule has 6 nitrogen and oxygen atoms in total. The smallest absolute Gasteiger partial charge is 0.241 e. The number of ether oxygens (including phenoxy) is 1. The summed E-state index contributed by atoms with van der Waals surface area (Å²) >= 11 is 12.2. The van der Waals surface area contributed by atoms with Crippen LogP contribution in [0.4, 0.5) is 0 Å². The Balaban J connectivity index is 1.65. The quantitative estimate of drug-likeness (QED) is 0.814. The Labute approximate surface area is 162 Å². The van der Waals surface area contributed by atoms with E-state index in [1.807, 2.05) is 25.1 Å². The summed E-state index contributed by atoms with van der Waals surface area (Å²) in [5.74, 6) is 0.00588.